The fraction of sp³-hybridized carbons (Fsp3) is 0.417. The largest absolute Gasteiger partial charge is 0.325 e. The standard InChI is InChI=1S/C12H17N3O3S/c1-19(17,18)15-11-4-2-3-10(7-11)14-12(16)8-13-9-5-6-9/h2-4,7,9,13,15H,5-6,8H2,1H3,(H,14,16). The lowest BCUT2D eigenvalue weighted by molar-refractivity contribution is -0.115. The first-order valence-electron chi connectivity index (χ1n) is 6.03. The Labute approximate surface area is 112 Å². The molecular formula is C12H17N3O3S. The summed E-state index contributed by atoms with van der Waals surface area (Å²) >= 11 is 0. The molecule has 1 fully saturated rings. The first-order valence-corrected chi connectivity index (χ1v) is 7.92. The smallest absolute Gasteiger partial charge is 0.238 e. The Balaban J connectivity index is 1.92. The molecule has 1 aromatic rings. The molecule has 0 saturated heterocycles. The number of hydrogen-bond donors (Lipinski definition) is 3. The second kappa shape index (κ2) is 5.58. The highest BCUT2D eigenvalue weighted by Gasteiger charge is 2.21. The summed E-state index contributed by atoms with van der Waals surface area (Å²) in [7, 11) is -3.31. The molecule has 0 heterocycles. The van der Waals surface area contributed by atoms with Crippen molar-refractivity contribution in [1.82, 2.24) is 5.32 Å². The van der Waals surface area contributed by atoms with Gasteiger partial charge in [0, 0.05) is 11.7 Å². The lowest BCUT2D eigenvalue weighted by atomic mass is 10.3. The summed E-state index contributed by atoms with van der Waals surface area (Å²) in [5, 5.41) is 5.82. The Bertz CT molecular complexity index is 567. The van der Waals surface area contributed by atoms with Crippen molar-refractivity contribution < 1.29 is 13.2 Å². The predicted octanol–water partition coefficient (Wildman–Crippen LogP) is 0.749. The van der Waals surface area contributed by atoms with E-state index < -0.39 is 10.0 Å². The van der Waals surface area contributed by atoms with Crippen molar-refractivity contribution in [2.24, 2.45) is 0 Å². The molecule has 1 aliphatic carbocycles. The minimum atomic E-state index is -3.31. The quantitative estimate of drug-likeness (QED) is 0.719. The number of carbonyl (C=O) groups is 1. The third kappa shape index (κ3) is 5.27. The second-order valence-corrected chi connectivity index (χ2v) is 6.41. The van der Waals surface area contributed by atoms with E-state index in [2.05, 4.69) is 15.4 Å². The van der Waals surface area contributed by atoms with E-state index in [1.165, 1.54) is 0 Å². The van der Waals surface area contributed by atoms with Crippen LogP contribution in [0.2, 0.25) is 0 Å². The SMILES string of the molecule is CS(=O)(=O)Nc1cccc(NC(=O)CNC2CC2)c1. The molecule has 1 saturated carbocycles. The van der Waals surface area contributed by atoms with Gasteiger partial charge in [-0.1, -0.05) is 6.07 Å². The van der Waals surface area contributed by atoms with Crippen LogP contribution in [0.25, 0.3) is 0 Å². The van der Waals surface area contributed by atoms with Crippen molar-refractivity contribution in [2.45, 2.75) is 18.9 Å². The van der Waals surface area contributed by atoms with Gasteiger partial charge in [-0.3, -0.25) is 9.52 Å². The zero-order valence-corrected chi connectivity index (χ0v) is 11.5. The molecule has 19 heavy (non-hydrogen) atoms. The number of anilines is 2. The van der Waals surface area contributed by atoms with Gasteiger partial charge in [-0.15, -0.1) is 0 Å². The van der Waals surface area contributed by atoms with Crippen molar-refractivity contribution in [3.8, 4) is 0 Å². The van der Waals surface area contributed by atoms with E-state index in [0.29, 0.717) is 17.4 Å². The number of nitrogens with one attached hydrogen (secondary N) is 3. The van der Waals surface area contributed by atoms with E-state index in [-0.39, 0.29) is 12.5 Å². The molecule has 1 aliphatic rings. The molecule has 0 radical (unpaired) electrons. The van der Waals surface area contributed by atoms with Gasteiger partial charge in [-0.05, 0) is 31.0 Å². The first kappa shape index (κ1) is 13.8. The third-order valence-corrected chi connectivity index (χ3v) is 3.18. The first-order chi connectivity index (χ1) is 8.92. The number of rotatable bonds is 6. The highest BCUT2D eigenvalue weighted by molar-refractivity contribution is 7.92. The van der Waals surface area contributed by atoms with Crippen LogP contribution < -0.4 is 15.4 Å². The summed E-state index contributed by atoms with van der Waals surface area (Å²) in [6, 6.07) is 7.07. The Hall–Kier alpha value is -1.60. The molecule has 0 aliphatic heterocycles. The maximum absolute atomic E-state index is 11.6. The molecule has 2 rings (SSSR count). The van der Waals surface area contributed by atoms with Crippen LogP contribution in [0, 0.1) is 0 Å². The molecule has 104 valence electrons. The maximum Gasteiger partial charge on any atom is 0.238 e. The van der Waals surface area contributed by atoms with Crippen LogP contribution in [0.3, 0.4) is 0 Å². The lowest BCUT2D eigenvalue weighted by Gasteiger charge is -2.08. The average Bonchev–Trinajstić information content (AvgIpc) is 3.08. The average molecular weight is 283 g/mol. The molecular weight excluding hydrogens is 266 g/mol. The zero-order chi connectivity index (χ0) is 13.9. The molecule has 6 nitrogen and oxygen atoms in total. The Kier molecular flexibility index (Phi) is 4.06. The van der Waals surface area contributed by atoms with Crippen molar-refractivity contribution in [3.63, 3.8) is 0 Å². The van der Waals surface area contributed by atoms with E-state index >= 15 is 0 Å². The van der Waals surface area contributed by atoms with Gasteiger partial charge in [0.1, 0.15) is 0 Å². The van der Waals surface area contributed by atoms with Gasteiger partial charge in [0.15, 0.2) is 0 Å². The van der Waals surface area contributed by atoms with Gasteiger partial charge < -0.3 is 10.6 Å². The highest BCUT2D eigenvalue weighted by Crippen LogP contribution is 2.18. The predicted molar refractivity (Wildman–Crippen MR) is 74.6 cm³/mol. The molecule has 0 unspecified atom stereocenters. The Morgan fingerprint density at radius 2 is 2.00 bits per heavy atom. The fourth-order valence-corrected chi connectivity index (χ4v) is 2.16. The summed E-state index contributed by atoms with van der Waals surface area (Å²) in [6.07, 6.45) is 3.33. The van der Waals surface area contributed by atoms with E-state index in [9.17, 15) is 13.2 Å². The molecule has 7 heteroatoms. The van der Waals surface area contributed by atoms with E-state index in [4.69, 9.17) is 0 Å². The summed E-state index contributed by atoms with van der Waals surface area (Å²) in [5.41, 5.74) is 0.992. The molecule has 0 aromatic heterocycles. The number of amides is 1. The topological polar surface area (TPSA) is 87.3 Å². The van der Waals surface area contributed by atoms with Gasteiger partial charge in [0.25, 0.3) is 0 Å². The van der Waals surface area contributed by atoms with Crippen LogP contribution >= 0.6 is 0 Å². The van der Waals surface area contributed by atoms with Gasteiger partial charge in [-0.2, -0.15) is 0 Å². The Morgan fingerprint density at radius 1 is 1.32 bits per heavy atom. The van der Waals surface area contributed by atoms with Crippen molar-refractivity contribution in [3.05, 3.63) is 24.3 Å². The van der Waals surface area contributed by atoms with Crippen molar-refractivity contribution in [1.29, 1.82) is 0 Å². The van der Waals surface area contributed by atoms with E-state index in [0.717, 1.165) is 19.1 Å². The van der Waals surface area contributed by atoms with Crippen LogP contribution in [0.4, 0.5) is 11.4 Å². The third-order valence-electron chi connectivity index (χ3n) is 2.58. The lowest BCUT2D eigenvalue weighted by Crippen LogP contribution is -2.29. The Morgan fingerprint density at radius 3 is 2.63 bits per heavy atom. The van der Waals surface area contributed by atoms with Gasteiger partial charge in [0.05, 0.1) is 18.5 Å². The number of sulfonamides is 1. The van der Waals surface area contributed by atoms with Crippen molar-refractivity contribution in [2.75, 3.05) is 22.8 Å². The van der Waals surface area contributed by atoms with Crippen LogP contribution in [0.1, 0.15) is 12.8 Å². The van der Waals surface area contributed by atoms with Crippen LogP contribution in [0.15, 0.2) is 24.3 Å². The molecule has 1 amide bonds. The van der Waals surface area contributed by atoms with Crippen LogP contribution in [0.5, 0.6) is 0 Å². The molecule has 0 bridgehead atoms. The van der Waals surface area contributed by atoms with E-state index in [1.54, 1.807) is 24.3 Å². The van der Waals surface area contributed by atoms with Crippen LogP contribution in [-0.2, 0) is 14.8 Å². The summed E-state index contributed by atoms with van der Waals surface area (Å²) in [5.74, 6) is -0.136. The molecule has 1 aromatic carbocycles. The van der Waals surface area contributed by atoms with E-state index in [1.807, 2.05) is 0 Å². The summed E-state index contributed by atoms with van der Waals surface area (Å²) < 4.78 is 24.6. The van der Waals surface area contributed by atoms with Gasteiger partial charge in [-0.25, -0.2) is 8.42 Å². The summed E-state index contributed by atoms with van der Waals surface area (Å²) in [6.45, 7) is 0.272. The van der Waals surface area contributed by atoms with Crippen molar-refractivity contribution >= 4 is 27.3 Å². The molecule has 0 atom stereocenters. The summed E-state index contributed by atoms with van der Waals surface area (Å²) in [4.78, 5) is 11.6. The minimum Gasteiger partial charge on any atom is -0.325 e. The zero-order valence-electron chi connectivity index (χ0n) is 10.6. The number of benzene rings is 1. The number of hydrogen-bond acceptors (Lipinski definition) is 4. The monoisotopic (exact) mass is 283 g/mol. The maximum atomic E-state index is 11.6. The fourth-order valence-electron chi connectivity index (χ4n) is 1.60. The normalized spacial score (nSPS) is 15.0. The second-order valence-electron chi connectivity index (χ2n) is 4.66. The minimum absolute atomic E-state index is 0.136. The molecule has 0 spiro atoms. The van der Waals surface area contributed by atoms with Gasteiger partial charge in [0.2, 0.25) is 15.9 Å². The molecule has 3 N–H and O–H groups in total. The van der Waals surface area contributed by atoms with Gasteiger partial charge >= 0.3 is 0 Å². The highest BCUT2D eigenvalue weighted by atomic mass is 32.2. The number of carbonyl (C=O) groups excluding carboxylic acids is 1. The van der Waals surface area contributed by atoms with Crippen LogP contribution in [-0.4, -0.2) is 33.2 Å².